The Morgan fingerprint density at radius 2 is 1.92 bits per heavy atom. The van der Waals surface area contributed by atoms with Crippen LogP contribution in [0.25, 0.3) is 0 Å². The maximum absolute atomic E-state index is 12.3. The van der Waals surface area contributed by atoms with Crippen LogP contribution in [0.1, 0.15) is 49.4 Å². The molecule has 1 unspecified atom stereocenters. The summed E-state index contributed by atoms with van der Waals surface area (Å²) in [5.41, 5.74) is 0.289. The molecule has 2 rings (SSSR count). The number of benzene rings is 1. The van der Waals surface area contributed by atoms with Gasteiger partial charge in [-0.2, -0.15) is 0 Å². The lowest BCUT2D eigenvalue weighted by molar-refractivity contribution is 0.0941. The molecule has 1 aliphatic rings. The lowest BCUT2D eigenvalue weighted by Crippen LogP contribution is -2.35. The first-order chi connectivity index (χ1) is 11.8. The summed E-state index contributed by atoms with van der Waals surface area (Å²) in [5, 5.41) is 3.26. The molecular formula is C17H23Cl2NO4S. The summed E-state index contributed by atoms with van der Waals surface area (Å²) in [5.74, 6) is 0.0592. The molecule has 8 heteroatoms. The van der Waals surface area contributed by atoms with E-state index in [2.05, 4.69) is 12.2 Å². The zero-order valence-electron chi connectivity index (χ0n) is 14.2. The second kappa shape index (κ2) is 9.10. The molecule has 1 amide bonds. The fourth-order valence-electron chi connectivity index (χ4n) is 2.71. The zero-order chi connectivity index (χ0) is 18.4. The minimum absolute atomic E-state index is 0.0286. The fourth-order valence-corrected chi connectivity index (χ4v) is 4.98. The van der Waals surface area contributed by atoms with Crippen molar-refractivity contribution in [1.29, 1.82) is 0 Å². The minimum Gasteiger partial charge on any atom is -0.490 e. The van der Waals surface area contributed by atoms with Crippen molar-refractivity contribution in [2.24, 2.45) is 0 Å². The molecule has 0 bridgehead atoms. The molecule has 0 aromatic heterocycles. The first-order valence-corrected chi connectivity index (χ1v) is 11.0. The maximum atomic E-state index is 12.3. The predicted octanol–water partition coefficient (Wildman–Crippen LogP) is 3.87. The van der Waals surface area contributed by atoms with Crippen LogP contribution in [-0.2, 0) is 9.84 Å². The molecule has 1 fully saturated rings. The number of carbonyl (C=O) groups excluding carboxylic acids is 1. The topological polar surface area (TPSA) is 72.5 Å². The third kappa shape index (κ3) is 6.04. The van der Waals surface area contributed by atoms with Gasteiger partial charge < -0.3 is 10.1 Å². The molecule has 5 nitrogen and oxygen atoms in total. The van der Waals surface area contributed by atoms with Crippen LogP contribution >= 0.6 is 23.2 Å². The number of hydrogen-bond donors (Lipinski definition) is 1. The number of ether oxygens (including phenoxy) is 1. The predicted molar refractivity (Wildman–Crippen MR) is 101 cm³/mol. The van der Waals surface area contributed by atoms with Gasteiger partial charge in [0, 0.05) is 11.6 Å². The Morgan fingerprint density at radius 3 is 2.48 bits per heavy atom. The molecule has 1 aliphatic heterocycles. The first-order valence-electron chi connectivity index (χ1n) is 8.45. The molecule has 0 spiro atoms. The second-order valence-electron chi connectivity index (χ2n) is 6.25. The highest BCUT2D eigenvalue weighted by molar-refractivity contribution is 7.91. The number of unbranched alkanes of at least 4 members (excludes halogenated alkanes) is 3. The van der Waals surface area contributed by atoms with Crippen LogP contribution in [0.15, 0.2) is 12.1 Å². The largest absolute Gasteiger partial charge is 0.490 e. The van der Waals surface area contributed by atoms with Gasteiger partial charge in [0.25, 0.3) is 5.91 Å². The van der Waals surface area contributed by atoms with Crippen LogP contribution in [0, 0.1) is 0 Å². The van der Waals surface area contributed by atoms with Gasteiger partial charge in [0.05, 0.1) is 28.2 Å². The van der Waals surface area contributed by atoms with E-state index in [1.54, 1.807) is 0 Å². The van der Waals surface area contributed by atoms with E-state index in [1.165, 1.54) is 12.1 Å². The Kier molecular flexibility index (Phi) is 7.40. The molecule has 1 atom stereocenters. The van der Waals surface area contributed by atoms with Crippen molar-refractivity contribution in [2.75, 3.05) is 18.1 Å². The van der Waals surface area contributed by atoms with Crippen LogP contribution in [0.4, 0.5) is 0 Å². The molecule has 1 aromatic carbocycles. The number of amides is 1. The molecule has 1 heterocycles. The average Bonchev–Trinajstić information content (AvgIpc) is 2.87. The highest BCUT2D eigenvalue weighted by Crippen LogP contribution is 2.34. The molecule has 0 aliphatic carbocycles. The SMILES string of the molecule is CCCCCCOc1c(Cl)cc(C(=O)NC2CCS(=O)(=O)C2)cc1Cl. The number of halogens is 2. The van der Waals surface area contributed by atoms with E-state index in [0.717, 1.165) is 25.7 Å². The van der Waals surface area contributed by atoms with Crippen LogP contribution in [-0.4, -0.2) is 38.5 Å². The van der Waals surface area contributed by atoms with E-state index >= 15 is 0 Å². The van der Waals surface area contributed by atoms with Gasteiger partial charge in [-0.05, 0) is 25.0 Å². The lowest BCUT2D eigenvalue weighted by atomic mass is 10.1. The summed E-state index contributed by atoms with van der Waals surface area (Å²) in [6.45, 7) is 2.66. The van der Waals surface area contributed by atoms with Crippen LogP contribution in [0.5, 0.6) is 5.75 Å². The summed E-state index contributed by atoms with van der Waals surface area (Å²) in [6, 6.07) is 2.62. The third-order valence-electron chi connectivity index (χ3n) is 4.07. The van der Waals surface area contributed by atoms with E-state index in [4.69, 9.17) is 27.9 Å². The molecule has 1 N–H and O–H groups in total. The summed E-state index contributed by atoms with van der Waals surface area (Å²) in [6.07, 6.45) is 4.72. The summed E-state index contributed by atoms with van der Waals surface area (Å²) in [4.78, 5) is 12.3. The number of carbonyl (C=O) groups is 1. The maximum Gasteiger partial charge on any atom is 0.251 e. The molecule has 1 saturated heterocycles. The highest BCUT2D eigenvalue weighted by atomic mass is 35.5. The summed E-state index contributed by atoms with van der Waals surface area (Å²) >= 11 is 12.4. The van der Waals surface area contributed by atoms with Crippen molar-refractivity contribution in [2.45, 2.75) is 45.1 Å². The van der Waals surface area contributed by atoms with E-state index in [0.29, 0.717) is 18.8 Å². The summed E-state index contributed by atoms with van der Waals surface area (Å²) in [7, 11) is -3.05. The van der Waals surface area contributed by atoms with Crippen molar-refractivity contribution >= 4 is 38.9 Å². The van der Waals surface area contributed by atoms with Crippen molar-refractivity contribution in [3.05, 3.63) is 27.7 Å². The normalized spacial score (nSPS) is 18.9. The summed E-state index contributed by atoms with van der Waals surface area (Å²) < 4.78 is 28.6. The van der Waals surface area contributed by atoms with Gasteiger partial charge in [0.2, 0.25) is 0 Å². The van der Waals surface area contributed by atoms with Gasteiger partial charge in [0.15, 0.2) is 15.6 Å². The highest BCUT2D eigenvalue weighted by Gasteiger charge is 2.29. The van der Waals surface area contributed by atoms with Crippen molar-refractivity contribution in [3.8, 4) is 5.75 Å². The van der Waals surface area contributed by atoms with Gasteiger partial charge in [-0.25, -0.2) is 8.42 Å². The number of sulfone groups is 1. The minimum atomic E-state index is -3.05. The van der Waals surface area contributed by atoms with E-state index in [9.17, 15) is 13.2 Å². The average molecular weight is 408 g/mol. The Bertz CT molecular complexity index is 698. The lowest BCUT2D eigenvalue weighted by Gasteiger charge is -2.14. The van der Waals surface area contributed by atoms with E-state index in [1.807, 2.05) is 0 Å². The number of hydrogen-bond acceptors (Lipinski definition) is 4. The molecular weight excluding hydrogens is 385 g/mol. The van der Waals surface area contributed by atoms with Crippen molar-refractivity contribution < 1.29 is 17.9 Å². The fraction of sp³-hybridized carbons (Fsp3) is 0.588. The quantitative estimate of drug-likeness (QED) is 0.663. The molecule has 140 valence electrons. The Morgan fingerprint density at radius 1 is 1.24 bits per heavy atom. The monoisotopic (exact) mass is 407 g/mol. The van der Waals surface area contributed by atoms with Crippen molar-refractivity contribution in [1.82, 2.24) is 5.32 Å². The standard InChI is InChI=1S/C17H23Cl2NO4S/c1-2-3-4-5-7-24-16-14(18)9-12(10-15(16)19)17(21)20-13-6-8-25(22,23)11-13/h9-10,13H,2-8,11H2,1H3,(H,20,21). The van der Waals surface area contributed by atoms with Crippen LogP contribution < -0.4 is 10.1 Å². The second-order valence-corrected chi connectivity index (χ2v) is 9.29. The number of nitrogens with one attached hydrogen (secondary N) is 1. The molecule has 25 heavy (non-hydrogen) atoms. The van der Waals surface area contributed by atoms with Gasteiger partial charge in [-0.3, -0.25) is 4.79 Å². The van der Waals surface area contributed by atoms with E-state index < -0.39 is 9.84 Å². The van der Waals surface area contributed by atoms with Gasteiger partial charge in [-0.15, -0.1) is 0 Å². The van der Waals surface area contributed by atoms with Crippen LogP contribution in [0.2, 0.25) is 10.0 Å². The van der Waals surface area contributed by atoms with Crippen LogP contribution in [0.3, 0.4) is 0 Å². The van der Waals surface area contributed by atoms with Gasteiger partial charge >= 0.3 is 0 Å². The molecule has 0 saturated carbocycles. The zero-order valence-corrected chi connectivity index (χ0v) is 16.5. The number of rotatable bonds is 8. The van der Waals surface area contributed by atoms with E-state index in [-0.39, 0.29) is 39.1 Å². The third-order valence-corrected chi connectivity index (χ3v) is 6.40. The van der Waals surface area contributed by atoms with Gasteiger partial charge in [0.1, 0.15) is 0 Å². The molecule has 1 aromatic rings. The Balaban J connectivity index is 1.97. The Labute approximate surface area is 158 Å². The first kappa shape index (κ1) is 20.3. The Hall–Kier alpha value is -0.980. The van der Waals surface area contributed by atoms with Crippen molar-refractivity contribution in [3.63, 3.8) is 0 Å². The van der Waals surface area contributed by atoms with Gasteiger partial charge in [-0.1, -0.05) is 49.4 Å². The smallest absolute Gasteiger partial charge is 0.251 e. The molecule has 0 radical (unpaired) electrons.